The van der Waals surface area contributed by atoms with Gasteiger partial charge in [0.2, 0.25) is 0 Å². The summed E-state index contributed by atoms with van der Waals surface area (Å²) in [5.74, 6) is -0.0759. The Bertz CT molecular complexity index is 906. The standard InChI is InChI=1S/C16H11F6N3/c17-15(18,19)10-3-1-9(2-4-10)8-25-13-6-5-11(16(20,21)22)7-12(13)14(23)24-25/h1-7H,8H2,(H2,23,24). The van der Waals surface area contributed by atoms with E-state index < -0.39 is 23.5 Å². The van der Waals surface area contributed by atoms with Crippen LogP contribution in [0.1, 0.15) is 16.7 Å². The van der Waals surface area contributed by atoms with E-state index in [2.05, 4.69) is 5.10 Å². The van der Waals surface area contributed by atoms with Gasteiger partial charge in [-0.1, -0.05) is 12.1 Å². The molecule has 1 heterocycles. The van der Waals surface area contributed by atoms with E-state index in [9.17, 15) is 26.3 Å². The highest BCUT2D eigenvalue weighted by atomic mass is 19.4. The van der Waals surface area contributed by atoms with Crippen LogP contribution in [0.25, 0.3) is 10.9 Å². The highest BCUT2D eigenvalue weighted by Crippen LogP contribution is 2.33. The van der Waals surface area contributed by atoms with Crippen molar-refractivity contribution in [3.8, 4) is 0 Å². The van der Waals surface area contributed by atoms with E-state index >= 15 is 0 Å². The lowest BCUT2D eigenvalue weighted by Gasteiger charge is -2.09. The fraction of sp³-hybridized carbons (Fsp3) is 0.188. The maximum atomic E-state index is 12.8. The molecule has 0 unspecified atom stereocenters. The number of halogens is 6. The van der Waals surface area contributed by atoms with Gasteiger partial charge < -0.3 is 5.73 Å². The monoisotopic (exact) mass is 359 g/mol. The first kappa shape index (κ1) is 17.1. The first-order valence-corrected chi connectivity index (χ1v) is 7.05. The smallest absolute Gasteiger partial charge is 0.382 e. The van der Waals surface area contributed by atoms with E-state index in [0.717, 1.165) is 24.3 Å². The molecule has 0 spiro atoms. The molecule has 132 valence electrons. The van der Waals surface area contributed by atoms with Crippen LogP contribution in [0.2, 0.25) is 0 Å². The number of nitrogens with two attached hydrogens (primary N) is 1. The molecule has 0 atom stereocenters. The zero-order chi connectivity index (χ0) is 18.4. The topological polar surface area (TPSA) is 43.8 Å². The second-order valence-corrected chi connectivity index (χ2v) is 5.47. The number of anilines is 1. The van der Waals surface area contributed by atoms with Crippen LogP contribution in [0.4, 0.5) is 32.2 Å². The van der Waals surface area contributed by atoms with Gasteiger partial charge in [-0.2, -0.15) is 31.4 Å². The van der Waals surface area contributed by atoms with Crippen LogP contribution in [0.5, 0.6) is 0 Å². The summed E-state index contributed by atoms with van der Waals surface area (Å²) in [5, 5.41) is 4.12. The van der Waals surface area contributed by atoms with Crippen molar-refractivity contribution in [2.75, 3.05) is 5.73 Å². The summed E-state index contributed by atoms with van der Waals surface area (Å²) in [6.45, 7) is 0.0806. The van der Waals surface area contributed by atoms with Crippen molar-refractivity contribution >= 4 is 16.7 Å². The Kier molecular flexibility index (Phi) is 3.89. The summed E-state index contributed by atoms with van der Waals surface area (Å²) < 4.78 is 77.4. The molecule has 9 heteroatoms. The molecule has 2 aromatic carbocycles. The van der Waals surface area contributed by atoms with E-state index in [4.69, 9.17) is 5.73 Å². The third-order valence-electron chi connectivity index (χ3n) is 3.72. The Hall–Kier alpha value is -2.71. The number of fused-ring (bicyclic) bond motifs is 1. The molecule has 0 amide bonds. The fourth-order valence-corrected chi connectivity index (χ4v) is 2.47. The first-order valence-electron chi connectivity index (χ1n) is 7.05. The lowest BCUT2D eigenvalue weighted by molar-refractivity contribution is -0.138. The lowest BCUT2D eigenvalue weighted by atomic mass is 10.1. The Morgan fingerprint density at radius 3 is 1.96 bits per heavy atom. The van der Waals surface area contributed by atoms with E-state index in [-0.39, 0.29) is 17.7 Å². The predicted molar refractivity (Wildman–Crippen MR) is 79.7 cm³/mol. The van der Waals surface area contributed by atoms with Crippen LogP contribution < -0.4 is 5.73 Å². The maximum Gasteiger partial charge on any atom is 0.416 e. The van der Waals surface area contributed by atoms with E-state index in [1.54, 1.807) is 0 Å². The van der Waals surface area contributed by atoms with Gasteiger partial charge in [0.05, 0.1) is 23.2 Å². The number of aromatic nitrogens is 2. The summed E-state index contributed by atoms with van der Waals surface area (Å²) >= 11 is 0. The van der Waals surface area contributed by atoms with Crippen molar-refractivity contribution in [1.29, 1.82) is 0 Å². The molecule has 3 rings (SSSR count). The van der Waals surface area contributed by atoms with E-state index in [1.165, 1.54) is 22.9 Å². The van der Waals surface area contributed by atoms with Gasteiger partial charge >= 0.3 is 12.4 Å². The maximum absolute atomic E-state index is 12.8. The molecule has 3 nitrogen and oxygen atoms in total. The summed E-state index contributed by atoms with van der Waals surface area (Å²) in [6.07, 6.45) is -8.94. The lowest BCUT2D eigenvalue weighted by Crippen LogP contribution is -2.06. The highest BCUT2D eigenvalue weighted by molar-refractivity contribution is 5.89. The molecule has 0 fully saturated rings. The van der Waals surface area contributed by atoms with Crippen LogP contribution in [-0.4, -0.2) is 9.78 Å². The average Bonchev–Trinajstić information content (AvgIpc) is 2.82. The number of hydrogen-bond acceptors (Lipinski definition) is 2. The van der Waals surface area contributed by atoms with Crippen LogP contribution in [-0.2, 0) is 18.9 Å². The van der Waals surface area contributed by atoms with Crippen molar-refractivity contribution < 1.29 is 26.3 Å². The molecule has 0 aliphatic rings. The molecule has 0 radical (unpaired) electrons. The molecule has 0 aliphatic heterocycles. The molecule has 25 heavy (non-hydrogen) atoms. The SMILES string of the molecule is Nc1nn(Cc2ccc(C(F)(F)F)cc2)c2ccc(C(F)(F)F)cc12. The number of nitrogens with zero attached hydrogens (tertiary/aromatic N) is 2. The zero-order valence-corrected chi connectivity index (χ0v) is 12.5. The Balaban J connectivity index is 1.94. The van der Waals surface area contributed by atoms with Gasteiger partial charge in [-0.15, -0.1) is 0 Å². The van der Waals surface area contributed by atoms with Crippen molar-refractivity contribution in [1.82, 2.24) is 9.78 Å². The number of benzene rings is 2. The molecule has 0 saturated heterocycles. The number of hydrogen-bond donors (Lipinski definition) is 1. The van der Waals surface area contributed by atoms with Gasteiger partial charge in [-0.25, -0.2) is 0 Å². The minimum Gasteiger partial charge on any atom is -0.382 e. The predicted octanol–water partition coefficient (Wildman–Crippen LogP) is 4.70. The average molecular weight is 359 g/mol. The van der Waals surface area contributed by atoms with Crippen molar-refractivity contribution in [2.45, 2.75) is 18.9 Å². The van der Waals surface area contributed by atoms with Crippen LogP contribution in [0, 0.1) is 0 Å². The van der Waals surface area contributed by atoms with Crippen LogP contribution >= 0.6 is 0 Å². The molecular formula is C16H11F6N3. The van der Waals surface area contributed by atoms with E-state index in [0.29, 0.717) is 11.1 Å². The van der Waals surface area contributed by atoms with Crippen molar-refractivity contribution in [3.05, 3.63) is 59.2 Å². The molecule has 0 saturated carbocycles. The first-order chi connectivity index (χ1) is 11.6. The molecule has 3 aromatic rings. The second kappa shape index (κ2) is 5.68. The van der Waals surface area contributed by atoms with Crippen molar-refractivity contribution in [2.24, 2.45) is 0 Å². The normalized spacial score (nSPS) is 12.7. The van der Waals surface area contributed by atoms with E-state index in [1.807, 2.05) is 0 Å². The third-order valence-corrected chi connectivity index (χ3v) is 3.72. The quantitative estimate of drug-likeness (QED) is 0.674. The van der Waals surface area contributed by atoms with Gasteiger partial charge in [0.25, 0.3) is 0 Å². The summed E-state index contributed by atoms with van der Waals surface area (Å²) in [6, 6.07) is 7.50. The summed E-state index contributed by atoms with van der Waals surface area (Å²) in [5.41, 5.74) is 4.93. The zero-order valence-electron chi connectivity index (χ0n) is 12.5. The number of alkyl halides is 6. The Morgan fingerprint density at radius 2 is 1.40 bits per heavy atom. The van der Waals surface area contributed by atoms with Crippen molar-refractivity contribution in [3.63, 3.8) is 0 Å². The minimum atomic E-state index is -4.50. The summed E-state index contributed by atoms with van der Waals surface area (Å²) in [4.78, 5) is 0. The molecule has 2 N–H and O–H groups in total. The number of nitrogen functional groups attached to an aromatic ring is 1. The fourth-order valence-electron chi connectivity index (χ4n) is 2.47. The largest absolute Gasteiger partial charge is 0.416 e. The molecule has 1 aromatic heterocycles. The number of rotatable bonds is 2. The van der Waals surface area contributed by atoms with Crippen LogP contribution in [0.3, 0.4) is 0 Å². The minimum absolute atomic E-state index is 0.0759. The molecular weight excluding hydrogens is 348 g/mol. The Labute approximate surface area is 137 Å². The third kappa shape index (κ3) is 3.40. The van der Waals surface area contributed by atoms with Gasteiger partial charge in [-0.3, -0.25) is 4.68 Å². The Morgan fingerprint density at radius 1 is 0.840 bits per heavy atom. The molecule has 0 aliphatic carbocycles. The molecule has 0 bridgehead atoms. The van der Waals surface area contributed by atoms with Gasteiger partial charge in [-0.05, 0) is 35.9 Å². The summed E-state index contributed by atoms with van der Waals surface area (Å²) in [7, 11) is 0. The van der Waals surface area contributed by atoms with Gasteiger partial charge in [0.15, 0.2) is 5.82 Å². The van der Waals surface area contributed by atoms with Crippen LogP contribution in [0.15, 0.2) is 42.5 Å². The van der Waals surface area contributed by atoms with Gasteiger partial charge in [0, 0.05) is 5.39 Å². The second-order valence-electron chi connectivity index (χ2n) is 5.47. The van der Waals surface area contributed by atoms with Gasteiger partial charge in [0.1, 0.15) is 0 Å². The highest BCUT2D eigenvalue weighted by Gasteiger charge is 2.31.